The van der Waals surface area contributed by atoms with Crippen LogP contribution in [0, 0.1) is 0 Å². The van der Waals surface area contributed by atoms with Crippen LogP contribution in [0.15, 0.2) is 65.3 Å². The number of rotatable bonds is 2. The molecule has 0 radical (unpaired) electrons. The van der Waals surface area contributed by atoms with Crippen LogP contribution in [0.5, 0.6) is 0 Å². The van der Waals surface area contributed by atoms with E-state index in [9.17, 15) is 9.59 Å². The first-order valence-corrected chi connectivity index (χ1v) is 8.20. The topological polar surface area (TPSA) is 40.6 Å². The molecule has 0 unspecified atom stereocenters. The molecule has 2 amide bonds. The van der Waals surface area contributed by atoms with Crippen LogP contribution in [0.1, 0.15) is 11.1 Å². The van der Waals surface area contributed by atoms with E-state index in [0.717, 1.165) is 11.3 Å². The predicted octanol–water partition coefficient (Wildman–Crippen LogP) is 3.07. The molecular weight excluding hydrogens is 324 g/mol. The lowest BCUT2D eigenvalue weighted by atomic mass is 9.99. The van der Waals surface area contributed by atoms with Crippen molar-refractivity contribution in [2.24, 2.45) is 0 Å². The maximum atomic E-state index is 12.9. The van der Waals surface area contributed by atoms with Crippen molar-refractivity contribution in [3.63, 3.8) is 0 Å². The molecule has 4 rings (SSSR count). The Balaban J connectivity index is 1.67. The summed E-state index contributed by atoms with van der Waals surface area (Å²) in [6.07, 6.45) is 0.830. The first-order chi connectivity index (χ1) is 11.7. The molecule has 0 saturated heterocycles. The lowest BCUT2D eigenvalue weighted by Crippen LogP contribution is -2.37. The highest BCUT2D eigenvalue weighted by Gasteiger charge is 2.41. The van der Waals surface area contributed by atoms with E-state index in [1.54, 1.807) is 24.3 Å². The summed E-state index contributed by atoms with van der Waals surface area (Å²) in [7, 11) is 0. The van der Waals surface area contributed by atoms with Crippen molar-refractivity contribution in [2.45, 2.75) is 13.0 Å². The molecule has 2 aromatic carbocycles. The Hall–Kier alpha value is -2.59. The van der Waals surface area contributed by atoms with Crippen molar-refractivity contribution < 1.29 is 9.59 Å². The fraction of sp³-hybridized carbons (Fsp3) is 0.158. The van der Waals surface area contributed by atoms with Crippen LogP contribution in [0.25, 0.3) is 0 Å². The molecule has 5 heteroatoms. The molecule has 2 aliphatic rings. The van der Waals surface area contributed by atoms with E-state index < -0.39 is 5.91 Å². The Morgan fingerprint density at radius 1 is 0.833 bits per heavy atom. The average Bonchev–Trinajstić information content (AvgIpc) is 2.84. The van der Waals surface area contributed by atoms with Crippen LogP contribution >= 0.6 is 11.6 Å². The van der Waals surface area contributed by atoms with E-state index in [1.165, 1.54) is 11.1 Å². The molecule has 0 atom stereocenters. The summed E-state index contributed by atoms with van der Waals surface area (Å²) in [5, 5.41) is 0.00299. The quantitative estimate of drug-likeness (QED) is 0.790. The molecular formula is C19H15ClN2O2. The highest BCUT2D eigenvalue weighted by Crippen LogP contribution is 2.33. The van der Waals surface area contributed by atoms with Gasteiger partial charge >= 0.3 is 0 Å². The Labute approximate surface area is 144 Å². The second-order valence-corrected chi connectivity index (χ2v) is 6.26. The summed E-state index contributed by atoms with van der Waals surface area (Å²) in [5.41, 5.74) is 3.29. The molecule has 2 aliphatic heterocycles. The maximum Gasteiger partial charge on any atom is 0.283 e. The number of para-hydroxylation sites is 1. The standard InChI is InChI=1S/C19H15ClN2O2/c20-16-17(21-11-10-13-6-4-5-7-14(13)12-21)19(24)22(18(16)23)15-8-2-1-3-9-15/h1-9H,10-12H2. The molecule has 2 aromatic rings. The van der Waals surface area contributed by atoms with E-state index in [-0.39, 0.29) is 10.9 Å². The monoisotopic (exact) mass is 338 g/mol. The van der Waals surface area contributed by atoms with Crippen molar-refractivity contribution in [2.75, 3.05) is 11.4 Å². The number of halogens is 1. The molecule has 0 fully saturated rings. The summed E-state index contributed by atoms with van der Waals surface area (Å²) in [6.45, 7) is 1.26. The molecule has 0 bridgehead atoms. The summed E-state index contributed by atoms with van der Waals surface area (Å²) in [5.74, 6) is -0.808. The zero-order valence-corrected chi connectivity index (χ0v) is 13.7. The van der Waals surface area contributed by atoms with Crippen LogP contribution in [0.3, 0.4) is 0 Å². The summed E-state index contributed by atoms with van der Waals surface area (Å²) in [6, 6.07) is 17.0. The highest BCUT2D eigenvalue weighted by atomic mass is 35.5. The van der Waals surface area contributed by atoms with E-state index >= 15 is 0 Å². The van der Waals surface area contributed by atoms with Gasteiger partial charge < -0.3 is 4.90 Å². The number of hydrogen-bond acceptors (Lipinski definition) is 3. The first kappa shape index (κ1) is 15.0. The second kappa shape index (κ2) is 5.80. The Morgan fingerprint density at radius 3 is 2.25 bits per heavy atom. The molecule has 0 N–H and O–H groups in total. The van der Waals surface area contributed by atoms with Crippen molar-refractivity contribution in [3.8, 4) is 0 Å². The number of nitrogens with zero attached hydrogens (tertiary/aromatic N) is 2. The van der Waals surface area contributed by atoms with Gasteiger partial charge in [0.2, 0.25) is 0 Å². The fourth-order valence-corrected chi connectivity index (χ4v) is 3.55. The minimum Gasteiger partial charge on any atom is -0.361 e. The smallest absolute Gasteiger partial charge is 0.283 e. The number of fused-ring (bicyclic) bond motifs is 1. The molecule has 120 valence electrons. The van der Waals surface area contributed by atoms with Gasteiger partial charge in [-0.25, -0.2) is 4.90 Å². The Kier molecular flexibility index (Phi) is 3.62. The number of benzene rings is 2. The average molecular weight is 339 g/mol. The van der Waals surface area contributed by atoms with E-state index in [0.29, 0.717) is 24.5 Å². The zero-order chi connectivity index (χ0) is 16.7. The van der Waals surface area contributed by atoms with Crippen molar-refractivity contribution in [1.29, 1.82) is 0 Å². The normalized spacial score (nSPS) is 17.5. The van der Waals surface area contributed by atoms with Gasteiger partial charge in [0.25, 0.3) is 11.8 Å². The lowest BCUT2D eigenvalue weighted by molar-refractivity contribution is -0.121. The molecule has 0 aromatic heterocycles. The highest BCUT2D eigenvalue weighted by molar-refractivity contribution is 6.52. The minimum atomic E-state index is -0.457. The first-order valence-electron chi connectivity index (χ1n) is 7.82. The molecule has 2 heterocycles. The number of hydrogen-bond donors (Lipinski definition) is 0. The number of amides is 2. The van der Waals surface area contributed by atoms with Gasteiger partial charge in [-0.05, 0) is 29.7 Å². The van der Waals surface area contributed by atoms with Crippen LogP contribution in [-0.2, 0) is 22.6 Å². The minimum absolute atomic E-state index is 0.00299. The third-order valence-electron chi connectivity index (χ3n) is 4.47. The van der Waals surface area contributed by atoms with Crippen LogP contribution in [0.2, 0.25) is 0 Å². The van der Waals surface area contributed by atoms with Gasteiger partial charge in [-0.2, -0.15) is 0 Å². The number of carbonyl (C=O) groups is 2. The van der Waals surface area contributed by atoms with Gasteiger partial charge in [0, 0.05) is 13.1 Å². The Morgan fingerprint density at radius 2 is 1.50 bits per heavy atom. The molecule has 0 aliphatic carbocycles. The third-order valence-corrected chi connectivity index (χ3v) is 4.81. The van der Waals surface area contributed by atoms with Crippen molar-refractivity contribution in [3.05, 3.63) is 76.5 Å². The van der Waals surface area contributed by atoms with Crippen molar-refractivity contribution >= 4 is 29.1 Å². The lowest BCUT2D eigenvalue weighted by Gasteiger charge is -2.31. The SMILES string of the molecule is O=C1C(Cl)=C(N2CCc3ccccc3C2)C(=O)N1c1ccccc1. The summed E-state index contributed by atoms with van der Waals surface area (Å²) >= 11 is 6.25. The van der Waals surface area contributed by atoms with E-state index in [2.05, 4.69) is 6.07 Å². The molecule has 0 saturated carbocycles. The summed E-state index contributed by atoms with van der Waals surface area (Å²) in [4.78, 5) is 28.4. The van der Waals surface area contributed by atoms with Gasteiger partial charge in [-0.3, -0.25) is 9.59 Å². The van der Waals surface area contributed by atoms with Gasteiger partial charge in [0.15, 0.2) is 0 Å². The predicted molar refractivity (Wildman–Crippen MR) is 92.4 cm³/mol. The van der Waals surface area contributed by atoms with Gasteiger partial charge in [-0.15, -0.1) is 0 Å². The molecule has 4 nitrogen and oxygen atoms in total. The van der Waals surface area contributed by atoms with Crippen LogP contribution in [-0.4, -0.2) is 23.3 Å². The van der Waals surface area contributed by atoms with Crippen LogP contribution in [0.4, 0.5) is 5.69 Å². The van der Waals surface area contributed by atoms with Gasteiger partial charge in [0.05, 0.1) is 5.69 Å². The Bertz CT molecular complexity index is 861. The molecule has 0 spiro atoms. The van der Waals surface area contributed by atoms with Gasteiger partial charge in [-0.1, -0.05) is 54.1 Å². The zero-order valence-electron chi connectivity index (χ0n) is 12.9. The summed E-state index contributed by atoms with van der Waals surface area (Å²) < 4.78 is 0. The number of imide groups is 1. The van der Waals surface area contributed by atoms with E-state index in [1.807, 2.05) is 29.2 Å². The third kappa shape index (κ3) is 2.31. The van der Waals surface area contributed by atoms with E-state index in [4.69, 9.17) is 11.6 Å². The largest absolute Gasteiger partial charge is 0.361 e. The van der Waals surface area contributed by atoms with Crippen molar-refractivity contribution in [1.82, 2.24) is 4.90 Å². The number of anilines is 1. The number of carbonyl (C=O) groups excluding carboxylic acids is 2. The fourth-order valence-electron chi connectivity index (χ4n) is 3.26. The second-order valence-electron chi connectivity index (χ2n) is 5.88. The maximum absolute atomic E-state index is 12.9. The van der Waals surface area contributed by atoms with Gasteiger partial charge in [0.1, 0.15) is 10.7 Å². The molecule has 24 heavy (non-hydrogen) atoms. The van der Waals surface area contributed by atoms with Crippen LogP contribution < -0.4 is 4.90 Å².